The topological polar surface area (TPSA) is 42.4 Å². The van der Waals surface area contributed by atoms with Crippen LogP contribution < -0.4 is 5.73 Å². The van der Waals surface area contributed by atoms with Crippen molar-refractivity contribution >= 4 is 0 Å². The third-order valence-corrected chi connectivity index (χ3v) is 3.29. The van der Waals surface area contributed by atoms with Crippen molar-refractivity contribution in [3.8, 4) is 0 Å². The van der Waals surface area contributed by atoms with Gasteiger partial charge in [-0.15, -0.1) is 0 Å². The molecule has 0 radical (unpaired) electrons. The van der Waals surface area contributed by atoms with E-state index in [9.17, 15) is 0 Å². The Labute approximate surface area is 108 Å². The molecule has 0 bridgehead atoms. The molecule has 1 unspecified atom stereocenters. The minimum atomic E-state index is 0.219. The van der Waals surface area contributed by atoms with E-state index < -0.39 is 0 Å². The fourth-order valence-electron chi connectivity index (χ4n) is 2.26. The van der Waals surface area contributed by atoms with Crippen LogP contribution in [0.4, 0.5) is 0 Å². The fourth-order valence-corrected chi connectivity index (χ4v) is 2.26. The number of hydrogen-bond acceptors (Lipinski definition) is 3. The molecule has 1 aromatic heterocycles. The van der Waals surface area contributed by atoms with E-state index >= 15 is 0 Å². The first-order valence-electron chi connectivity index (χ1n) is 6.20. The van der Waals surface area contributed by atoms with Gasteiger partial charge in [-0.05, 0) is 37.2 Å². The number of hydrogen-bond donors (Lipinski definition) is 1. The number of nitrogens with two attached hydrogens (primary N) is 1. The smallest absolute Gasteiger partial charge is 0.117 e. The van der Waals surface area contributed by atoms with Gasteiger partial charge in [0.2, 0.25) is 0 Å². The Morgan fingerprint density at radius 1 is 1.22 bits per heavy atom. The van der Waals surface area contributed by atoms with Gasteiger partial charge in [-0.1, -0.05) is 24.3 Å². The van der Waals surface area contributed by atoms with Crippen molar-refractivity contribution in [3.63, 3.8) is 0 Å². The molecule has 0 aliphatic carbocycles. The highest BCUT2D eigenvalue weighted by molar-refractivity contribution is 5.29. The third kappa shape index (κ3) is 2.81. The van der Waals surface area contributed by atoms with Crippen LogP contribution in [0.1, 0.15) is 22.9 Å². The number of nitrogens with zero attached hydrogens (tertiary/aromatic N) is 1. The Hall–Kier alpha value is -1.58. The van der Waals surface area contributed by atoms with Crippen LogP contribution >= 0.6 is 0 Å². The number of furan rings is 1. The van der Waals surface area contributed by atoms with E-state index in [1.54, 1.807) is 6.26 Å². The number of likely N-dealkylation sites (N-methyl/N-ethyl adjacent to an activating group) is 1. The quantitative estimate of drug-likeness (QED) is 0.879. The second kappa shape index (κ2) is 5.85. The zero-order valence-electron chi connectivity index (χ0n) is 11.0. The molecule has 3 heteroatoms. The molecule has 2 aromatic rings. The zero-order valence-corrected chi connectivity index (χ0v) is 11.0. The van der Waals surface area contributed by atoms with E-state index in [1.807, 2.05) is 12.1 Å². The van der Waals surface area contributed by atoms with Gasteiger partial charge in [0.05, 0.1) is 12.8 Å². The Balaban J connectivity index is 2.16. The van der Waals surface area contributed by atoms with E-state index in [2.05, 4.69) is 43.1 Å². The van der Waals surface area contributed by atoms with E-state index in [-0.39, 0.29) is 6.04 Å². The highest BCUT2D eigenvalue weighted by atomic mass is 16.3. The van der Waals surface area contributed by atoms with E-state index in [1.165, 1.54) is 11.1 Å². The standard InChI is InChI=1S/C15H20N2O/c1-12-6-3-4-8-14(12)15(10-16)17(2)11-13-7-5-9-18-13/h3-9,15H,10-11,16H2,1-2H3. The number of aryl methyl sites for hydroxylation is 1. The van der Waals surface area contributed by atoms with Crippen LogP contribution in [0.25, 0.3) is 0 Å². The molecule has 0 fully saturated rings. The highest BCUT2D eigenvalue weighted by Gasteiger charge is 2.17. The van der Waals surface area contributed by atoms with Gasteiger partial charge in [0.25, 0.3) is 0 Å². The molecular formula is C15H20N2O. The SMILES string of the molecule is Cc1ccccc1C(CN)N(C)Cc1ccco1. The summed E-state index contributed by atoms with van der Waals surface area (Å²) in [4.78, 5) is 2.22. The van der Waals surface area contributed by atoms with Crippen molar-refractivity contribution in [2.24, 2.45) is 5.73 Å². The average Bonchev–Trinajstić information content (AvgIpc) is 2.85. The van der Waals surface area contributed by atoms with Crippen molar-refractivity contribution in [1.29, 1.82) is 0 Å². The number of benzene rings is 1. The van der Waals surface area contributed by atoms with E-state index in [4.69, 9.17) is 10.2 Å². The zero-order chi connectivity index (χ0) is 13.0. The Morgan fingerprint density at radius 2 is 2.00 bits per heavy atom. The summed E-state index contributed by atoms with van der Waals surface area (Å²) in [6, 6.07) is 12.5. The molecule has 1 heterocycles. The summed E-state index contributed by atoms with van der Waals surface area (Å²) in [5.74, 6) is 0.963. The monoisotopic (exact) mass is 244 g/mol. The lowest BCUT2D eigenvalue weighted by atomic mass is 10.0. The van der Waals surface area contributed by atoms with Gasteiger partial charge in [0.1, 0.15) is 5.76 Å². The van der Waals surface area contributed by atoms with Crippen LogP contribution in [0.5, 0.6) is 0 Å². The molecule has 96 valence electrons. The Morgan fingerprint density at radius 3 is 2.61 bits per heavy atom. The predicted octanol–water partition coefficient (Wildman–Crippen LogP) is 2.72. The summed E-state index contributed by atoms with van der Waals surface area (Å²) in [6.45, 7) is 3.49. The first-order valence-corrected chi connectivity index (χ1v) is 6.20. The maximum atomic E-state index is 5.93. The average molecular weight is 244 g/mol. The minimum absolute atomic E-state index is 0.219. The van der Waals surface area contributed by atoms with Crippen LogP contribution in [0.15, 0.2) is 47.1 Å². The van der Waals surface area contributed by atoms with Gasteiger partial charge >= 0.3 is 0 Å². The first kappa shape index (κ1) is 12.9. The summed E-state index contributed by atoms with van der Waals surface area (Å²) >= 11 is 0. The second-order valence-corrected chi connectivity index (χ2v) is 4.60. The van der Waals surface area contributed by atoms with Gasteiger partial charge in [-0.25, -0.2) is 0 Å². The summed E-state index contributed by atoms with van der Waals surface area (Å²) in [5, 5.41) is 0. The Kier molecular flexibility index (Phi) is 4.18. The lowest BCUT2D eigenvalue weighted by Crippen LogP contribution is -2.30. The van der Waals surface area contributed by atoms with Crippen LogP contribution in [0, 0.1) is 6.92 Å². The summed E-state index contributed by atoms with van der Waals surface area (Å²) in [7, 11) is 2.08. The molecule has 3 nitrogen and oxygen atoms in total. The molecule has 0 aliphatic rings. The van der Waals surface area contributed by atoms with Crippen LogP contribution in [0.3, 0.4) is 0 Å². The van der Waals surface area contributed by atoms with Crippen LogP contribution in [0.2, 0.25) is 0 Å². The van der Waals surface area contributed by atoms with Crippen molar-refractivity contribution in [1.82, 2.24) is 4.90 Å². The summed E-state index contributed by atoms with van der Waals surface area (Å²) < 4.78 is 5.38. The molecule has 2 N–H and O–H groups in total. The fraction of sp³-hybridized carbons (Fsp3) is 0.333. The van der Waals surface area contributed by atoms with Crippen molar-refractivity contribution in [3.05, 3.63) is 59.5 Å². The van der Waals surface area contributed by atoms with Gasteiger partial charge in [-0.3, -0.25) is 4.90 Å². The third-order valence-electron chi connectivity index (χ3n) is 3.29. The van der Waals surface area contributed by atoms with Gasteiger partial charge in [-0.2, -0.15) is 0 Å². The minimum Gasteiger partial charge on any atom is -0.468 e. The van der Waals surface area contributed by atoms with Gasteiger partial charge in [0.15, 0.2) is 0 Å². The van der Waals surface area contributed by atoms with Gasteiger partial charge < -0.3 is 10.2 Å². The van der Waals surface area contributed by atoms with Crippen molar-refractivity contribution in [2.75, 3.05) is 13.6 Å². The molecule has 0 saturated heterocycles. The number of rotatable bonds is 5. The lowest BCUT2D eigenvalue weighted by molar-refractivity contribution is 0.222. The molecule has 2 rings (SSSR count). The second-order valence-electron chi connectivity index (χ2n) is 4.60. The van der Waals surface area contributed by atoms with E-state index in [0.29, 0.717) is 6.54 Å². The molecule has 0 spiro atoms. The highest BCUT2D eigenvalue weighted by Crippen LogP contribution is 2.23. The Bertz CT molecular complexity index is 479. The maximum absolute atomic E-state index is 5.93. The van der Waals surface area contributed by atoms with E-state index in [0.717, 1.165) is 12.3 Å². The van der Waals surface area contributed by atoms with Crippen molar-refractivity contribution < 1.29 is 4.42 Å². The van der Waals surface area contributed by atoms with Crippen molar-refractivity contribution in [2.45, 2.75) is 19.5 Å². The molecule has 1 aromatic carbocycles. The molecule has 0 aliphatic heterocycles. The molecule has 18 heavy (non-hydrogen) atoms. The predicted molar refractivity (Wildman–Crippen MR) is 73.1 cm³/mol. The lowest BCUT2D eigenvalue weighted by Gasteiger charge is -2.27. The molecular weight excluding hydrogens is 224 g/mol. The largest absolute Gasteiger partial charge is 0.468 e. The molecule has 0 saturated carbocycles. The van der Waals surface area contributed by atoms with Gasteiger partial charge in [0, 0.05) is 12.6 Å². The van der Waals surface area contributed by atoms with Crippen LogP contribution in [-0.2, 0) is 6.54 Å². The summed E-state index contributed by atoms with van der Waals surface area (Å²) in [5.41, 5.74) is 8.49. The first-order chi connectivity index (χ1) is 8.72. The summed E-state index contributed by atoms with van der Waals surface area (Å²) in [6.07, 6.45) is 1.70. The maximum Gasteiger partial charge on any atom is 0.117 e. The normalized spacial score (nSPS) is 12.9. The molecule has 1 atom stereocenters. The molecule has 0 amide bonds. The van der Waals surface area contributed by atoms with Crippen LogP contribution in [-0.4, -0.2) is 18.5 Å².